The Hall–Kier alpha value is -5.86. The number of anilines is 1. The van der Waals surface area contributed by atoms with Gasteiger partial charge in [0.15, 0.2) is 5.82 Å². The van der Waals surface area contributed by atoms with Gasteiger partial charge in [-0.15, -0.1) is 0 Å². The highest BCUT2D eigenvalue weighted by molar-refractivity contribution is 7.88. The lowest BCUT2D eigenvalue weighted by molar-refractivity contribution is -0.115. The quantitative estimate of drug-likeness (QED) is 0.170. The molecule has 0 atom stereocenters. The normalized spacial score (nSPS) is 11.7. The number of hydrogen-bond acceptors (Lipinski definition) is 8. The second-order valence-corrected chi connectivity index (χ2v) is 12.8. The highest BCUT2D eigenvalue weighted by atomic mass is 32.2. The predicted molar refractivity (Wildman–Crippen MR) is 176 cm³/mol. The van der Waals surface area contributed by atoms with E-state index in [1.165, 1.54) is 12.1 Å². The number of fused-ring (bicyclic) bond motifs is 2. The van der Waals surface area contributed by atoms with E-state index in [1.807, 2.05) is 42.5 Å². The summed E-state index contributed by atoms with van der Waals surface area (Å²) in [6.07, 6.45) is 7.78. The average molecular weight is 648 g/mol. The van der Waals surface area contributed by atoms with E-state index in [9.17, 15) is 17.6 Å². The van der Waals surface area contributed by atoms with Crippen LogP contribution in [0.2, 0.25) is 0 Å². The number of aromatic nitrogens is 7. The van der Waals surface area contributed by atoms with Crippen LogP contribution in [0.15, 0.2) is 91.5 Å². The van der Waals surface area contributed by atoms with Gasteiger partial charge in [0.1, 0.15) is 17.0 Å². The first-order valence-corrected chi connectivity index (χ1v) is 16.3. The van der Waals surface area contributed by atoms with Gasteiger partial charge in [0.2, 0.25) is 15.9 Å². The Morgan fingerprint density at radius 2 is 1.74 bits per heavy atom. The van der Waals surface area contributed by atoms with Gasteiger partial charge in [0.25, 0.3) is 0 Å². The number of H-pyrrole nitrogens is 2. The van der Waals surface area contributed by atoms with Crippen LogP contribution in [0.1, 0.15) is 11.1 Å². The molecule has 5 heterocycles. The second kappa shape index (κ2) is 12.2. The average Bonchev–Trinajstić information content (AvgIpc) is 3.68. The van der Waals surface area contributed by atoms with E-state index < -0.39 is 15.8 Å². The molecular weight excluding hydrogens is 621 g/mol. The van der Waals surface area contributed by atoms with Crippen LogP contribution >= 0.6 is 0 Å². The topological polar surface area (TPSA) is 171 Å². The summed E-state index contributed by atoms with van der Waals surface area (Å²) in [7, 11) is -3.47. The number of benzene rings is 2. The maximum atomic E-state index is 14.6. The molecule has 0 aliphatic heterocycles. The van der Waals surface area contributed by atoms with Gasteiger partial charge in [0, 0.05) is 35.5 Å². The first kappa shape index (κ1) is 29.8. The number of pyridine rings is 3. The molecule has 47 heavy (non-hydrogen) atoms. The maximum Gasteiger partial charge on any atom is 0.228 e. The van der Waals surface area contributed by atoms with Crippen molar-refractivity contribution in [2.45, 2.75) is 13.0 Å². The number of nitrogens with zero attached hydrogens (tertiary/aromatic N) is 5. The largest absolute Gasteiger partial charge is 0.336 e. The number of carbonyl (C=O) groups excluding carboxylic acids is 1. The minimum atomic E-state index is -3.47. The van der Waals surface area contributed by atoms with E-state index in [2.05, 4.69) is 40.2 Å². The van der Waals surface area contributed by atoms with E-state index in [1.54, 1.807) is 36.9 Å². The molecule has 0 aliphatic rings. The molecule has 0 radical (unpaired) electrons. The Kier molecular flexibility index (Phi) is 7.71. The van der Waals surface area contributed by atoms with Gasteiger partial charge in [-0.05, 0) is 47.5 Å². The molecule has 1 amide bonds. The Labute approximate surface area is 267 Å². The molecule has 12 nitrogen and oxygen atoms in total. The van der Waals surface area contributed by atoms with Gasteiger partial charge in [-0.2, -0.15) is 5.10 Å². The lowest BCUT2D eigenvalue weighted by atomic mass is 10.1. The molecule has 0 unspecified atom stereocenters. The van der Waals surface area contributed by atoms with E-state index in [4.69, 9.17) is 4.98 Å². The summed E-state index contributed by atoms with van der Waals surface area (Å²) in [5.74, 6) is -0.238. The summed E-state index contributed by atoms with van der Waals surface area (Å²) in [5, 5.41) is 11.1. The van der Waals surface area contributed by atoms with Gasteiger partial charge in [-0.1, -0.05) is 30.3 Å². The predicted octanol–water partition coefficient (Wildman–Crippen LogP) is 4.99. The van der Waals surface area contributed by atoms with Crippen molar-refractivity contribution < 1.29 is 17.6 Å². The summed E-state index contributed by atoms with van der Waals surface area (Å²) in [4.78, 5) is 34.1. The fourth-order valence-corrected chi connectivity index (χ4v) is 5.68. The van der Waals surface area contributed by atoms with E-state index in [-0.39, 0.29) is 18.9 Å². The third kappa shape index (κ3) is 6.59. The molecule has 0 aliphatic carbocycles. The molecule has 7 aromatic rings. The molecule has 0 spiro atoms. The molecule has 5 aromatic heterocycles. The van der Waals surface area contributed by atoms with Crippen LogP contribution in [0.25, 0.3) is 56.0 Å². The summed E-state index contributed by atoms with van der Waals surface area (Å²) in [5.41, 5.74) is 6.41. The van der Waals surface area contributed by atoms with Crippen LogP contribution in [-0.4, -0.2) is 55.7 Å². The summed E-state index contributed by atoms with van der Waals surface area (Å²) in [6, 6.07) is 19.2. The number of imidazole rings is 1. The Bertz CT molecular complexity index is 2390. The number of carbonyl (C=O) groups is 1. The SMILES string of the molecule is CS(=O)(=O)NCc1cc(F)cc(-c2nccc3[nH]c(-c4n[nH]c5cnc(-c6cncc(NC(=O)Cc7ccccc7)c6)cc45)nc23)c1. The molecule has 0 saturated heterocycles. The molecule has 7 rings (SSSR count). The zero-order chi connectivity index (χ0) is 32.5. The van der Waals surface area contributed by atoms with Crippen LogP contribution in [0, 0.1) is 5.82 Å². The van der Waals surface area contributed by atoms with Crippen LogP contribution in [0.4, 0.5) is 10.1 Å². The first-order valence-electron chi connectivity index (χ1n) is 14.4. The highest BCUT2D eigenvalue weighted by Gasteiger charge is 2.18. The molecule has 0 fully saturated rings. The van der Waals surface area contributed by atoms with Crippen LogP contribution in [-0.2, 0) is 27.8 Å². The molecular formula is C33H26FN9O3S. The Balaban J connectivity index is 1.20. The Morgan fingerprint density at radius 1 is 0.894 bits per heavy atom. The van der Waals surface area contributed by atoms with Crippen molar-refractivity contribution in [2.75, 3.05) is 11.6 Å². The number of aromatic amines is 2. The summed E-state index contributed by atoms with van der Waals surface area (Å²) >= 11 is 0. The summed E-state index contributed by atoms with van der Waals surface area (Å²) in [6.45, 7) is -0.0699. The zero-order valence-electron chi connectivity index (χ0n) is 24.8. The van der Waals surface area contributed by atoms with Crippen molar-refractivity contribution in [3.63, 3.8) is 0 Å². The fraction of sp³-hybridized carbons (Fsp3) is 0.0909. The molecule has 14 heteroatoms. The minimum absolute atomic E-state index is 0.0699. The van der Waals surface area contributed by atoms with E-state index in [0.29, 0.717) is 61.8 Å². The lowest BCUT2D eigenvalue weighted by Gasteiger charge is -2.07. The smallest absolute Gasteiger partial charge is 0.228 e. The second-order valence-electron chi connectivity index (χ2n) is 10.9. The zero-order valence-corrected chi connectivity index (χ0v) is 25.6. The van der Waals surface area contributed by atoms with Crippen LogP contribution in [0.3, 0.4) is 0 Å². The van der Waals surface area contributed by atoms with Crippen molar-refractivity contribution in [3.8, 4) is 34.0 Å². The van der Waals surface area contributed by atoms with Crippen LogP contribution < -0.4 is 10.0 Å². The van der Waals surface area contributed by atoms with Gasteiger partial charge in [0.05, 0.1) is 53.2 Å². The summed E-state index contributed by atoms with van der Waals surface area (Å²) < 4.78 is 40.1. The van der Waals surface area contributed by atoms with Gasteiger partial charge >= 0.3 is 0 Å². The minimum Gasteiger partial charge on any atom is -0.336 e. The molecule has 0 saturated carbocycles. The molecule has 234 valence electrons. The highest BCUT2D eigenvalue weighted by Crippen LogP contribution is 2.32. The third-order valence-corrected chi connectivity index (χ3v) is 8.04. The van der Waals surface area contributed by atoms with Gasteiger partial charge in [-0.3, -0.25) is 24.8 Å². The van der Waals surface area contributed by atoms with Crippen molar-refractivity contribution in [3.05, 3.63) is 108 Å². The van der Waals surface area contributed by atoms with Crippen molar-refractivity contribution in [1.82, 2.24) is 39.8 Å². The number of rotatable bonds is 9. The molecule has 4 N–H and O–H groups in total. The lowest BCUT2D eigenvalue weighted by Crippen LogP contribution is -2.21. The monoisotopic (exact) mass is 647 g/mol. The van der Waals surface area contributed by atoms with E-state index >= 15 is 0 Å². The standard InChI is InChI=1S/C33H26FN9O3S/c1-47(45,46)38-15-20-9-21(12-23(34)10-20)30-32-26(7-8-36-30)40-33(41-32)31-25-14-27(37-18-28(25)42-43-31)22-13-24(17-35-16-22)39-29(44)11-19-5-3-2-4-6-19/h2-10,12-14,16-18,38H,11,15H2,1H3,(H,39,44)(H,40,41)(H,42,43). The van der Waals surface area contributed by atoms with Crippen molar-refractivity contribution in [2.24, 2.45) is 0 Å². The molecule has 0 bridgehead atoms. The number of halogens is 1. The maximum absolute atomic E-state index is 14.6. The number of hydrogen-bond donors (Lipinski definition) is 4. The van der Waals surface area contributed by atoms with Crippen molar-refractivity contribution >= 4 is 43.6 Å². The third-order valence-electron chi connectivity index (χ3n) is 7.37. The molecule has 2 aromatic carbocycles. The van der Waals surface area contributed by atoms with Crippen molar-refractivity contribution in [1.29, 1.82) is 0 Å². The first-order chi connectivity index (χ1) is 22.7. The number of amides is 1. The fourth-order valence-electron chi connectivity index (χ4n) is 5.25. The number of nitrogens with one attached hydrogen (secondary N) is 4. The van der Waals surface area contributed by atoms with E-state index in [0.717, 1.165) is 17.2 Å². The Morgan fingerprint density at radius 3 is 2.57 bits per heavy atom. The number of sulfonamides is 1. The van der Waals surface area contributed by atoms with Gasteiger partial charge in [-0.25, -0.2) is 22.5 Å². The van der Waals surface area contributed by atoms with Gasteiger partial charge < -0.3 is 10.3 Å². The van der Waals surface area contributed by atoms with Crippen LogP contribution in [0.5, 0.6) is 0 Å².